The lowest BCUT2D eigenvalue weighted by atomic mass is 9.94. The molecule has 0 aliphatic carbocycles. The highest BCUT2D eigenvalue weighted by Gasteiger charge is 2.10. The van der Waals surface area contributed by atoms with Gasteiger partial charge >= 0.3 is 0 Å². The van der Waals surface area contributed by atoms with Gasteiger partial charge in [-0.3, -0.25) is 4.79 Å². The fraction of sp³-hybridized carbons (Fsp3) is 0.250. The first kappa shape index (κ1) is 20.4. The Morgan fingerprint density at radius 3 is 2.48 bits per heavy atom. The van der Waals surface area contributed by atoms with Gasteiger partial charge in [-0.2, -0.15) is 0 Å². The summed E-state index contributed by atoms with van der Waals surface area (Å²) in [6, 6.07) is 19.3. The van der Waals surface area contributed by atoms with E-state index in [-0.39, 0.29) is 11.7 Å². The molecule has 5 nitrogen and oxygen atoms in total. The summed E-state index contributed by atoms with van der Waals surface area (Å²) in [7, 11) is 0. The van der Waals surface area contributed by atoms with Crippen molar-refractivity contribution < 1.29 is 9.53 Å². The molecule has 0 atom stereocenters. The van der Waals surface area contributed by atoms with Gasteiger partial charge in [-0.15, -0.1) is 0 Å². The van der Waals surface area contributed by atoms with Gasteiger partial charge in [0.05, 0.1) is 5.56 Å². The van der Waals surface area contributed by atoms with Crippen LogP contribution in [0, 0.1) is 0 Å². The van der Waals surface area contributed by atoms with Crippen molar-refractivity contribution in [3.8, 4) is 11.5 Å². The van der Waals surface area contributed by atoms with Gasteiger partial charge in [0.1, 0.15) is 17.3 Å². The molecule has 0 bridgehead atoms. The first-order valence-corrected chi connectivity index (χ1v) is 9.96. The zero-order valence-corrected chi connectivity index (χ0v) is 16.9. The summed E-state index contributed by atoms with van der Waals surface area (Å²) in [5.41, 5.74) is 8.40. The molecule has 2 aromatic carbocycles. The topological polar surface area (TPSA) is 77.2 Å². The number of carbonyl (C=O) groups is 1. The van der Waals surface area contributed by atoms with Crippen LogP contribution in [0.25, 0.3) is 0 Å². The van der Waals surface area contributed by atoms with Crippen molar-refractivity contribution >= 4 is 11.7 Å². The third-order valence-electron chi connectivity index (χ3n) is 5.01. The van der Waals surface area contributed by atoms with E-state index in [1.54, 1.807) is 18.3 Å². The summed E-state index contributed by atoms with van der Waals surface area (Å²) in [4.78, 5) is 16.2. The van der Waals surface area contributed by atoms with Crippen LogP contribution in [0.4, 0.5) is 5.82 Å². The van der Waals surface area contributed by atoms with Gasteiger partial charge in [-0.25, -0.2) is 4.98 Å². The van der Waals surface area contributed by atoms with Gasteiger partial charge in [0.15, 0.2) is 0 Å². The number of pyridine rings is 1. The Morgan fingerprint density at radius 2 is 1.79 bits per heavy atom. The summed E-state index contributed by atoms with van der Waals surface area (Å²) in [5.74, 6) is 2.14. The number of nitrogens with two attached hydrogens (primary N) is 1. The minimum absolute atomic E-state index is 0.226. The number of nitrogens with one attached hydrogen (secondary N) is 1. The molecule has 3 aromatic rings. The van der Waals surface area contributed by atoms with Gasteiger partial charge in [0.2, 0.25) is 0 Å². The van der Waals surface area contributed by atoms with Crippen LogP contribution in [0.15, 0.2) is 66.9 Å². The number of nitrogens with zero attached hydrogens (tertiary/aromatic N) is 1. The Hall–Kier alpha value is -3.34. The molecule has 0 spiro atoms. The maximum Gasteiger partial charge on any atom is 0.255 e. The molecule has 1 amide bonds. The van der Waals surface area contributed by atoms with Crippen molar-refractivity contribution in [3.05, 3.63) is 83.6 Å². The molecule has 0 radical (unpaired) electrons. The van der Waals surface area contributed by atoms with Crippen molar-refractivity contribution in [2.75, 3.05) is 5.73 Å². The number of benzene rings is 2. The number of aromatic nitrogens is 1. The smallest absolute Gasteiger partial charge is 0.255 e. The van der Waals surface area contributed by atoms with E-state index in [1.807, 2.05) is 36.4 Å². The van der Waals surface area contributed by atoms with E-state index in [4.69, 9.17) is 10.5 Å². The minimum Gasteiger partial charge on any atom is -0.457 e. The zero-order chi connectivity index (χ0) is 20.6. The third kappa shape index (κ3) is 5.35. The van der Waals surface area contributed by atoms with Crippen molar-refractivity contribution in [1.82, 2.24) is 10.3 Å². The highest BCUT2D eigenvalue weighted by atomic mass is 16.5. The Labute approximate surface area is 171 Å². The molecule has 0 saturated heterocycles. The average molecular weight is 389 g/mol. The Kier molecular flexibility index (Phi) is 6.85. The second kappa shape index (κ2) is 9.73. The summed E-state index contributed by atoms with van der Waals surface area (Å²) in [6.45, 7) is 4.82. The molecule has 3 N–H and O–H groups in total. The number of hydrogen-bond donors (Lipinski definition) is 2. The van der Waals surface area contributed by atoms with E-state index in [2.05, 4.69) is 36.3 Å². The Balaban J connectivity index is 1.60. The molecule has 0 aliphatic rings. The SMILES string of the molecule is CCC(CC)c1cccc(Oc2ccc(CNC(=O)c3cccnc3N)cc2)c1. The van der Waals surface area contributed by atoms with E-state index in [1.165, 1.54) is 5.56 Å². The van der Waals surface area contributed by atoms with Crippen LogP contribution in [0.5, 0.6) is 11.5 Å². The zero-order valence-electron chi connectivity index (χ0n) is 16.9. The maximum atomic E-state index is 12.2. The number of carbonyl (C=O) groups excluding carboxylic acids is 1. The van der Waals surface area contributed by atoms with E-state index >= 15 is 0 Å². The van der Waals surface area contributed by atoms with Crippen LogP contribution in [0.3, 0.4) is 0 Å². The molecule has 0 saturated carbocycles. The monoisotopic (exact) mass is 389 g/mol. The summed E-state index contributed by atoms with van der Waals surface area (Å²) >= 11 is 0. The van der Waals surface area contributed by atoms with Crippen LogP contribution < -0.4 is 15.8 Å². The highest BCUT2D eigenvalue weighted by Crippen LogP contribution is 2.28. The molecule has 0 unspecified atom stereocenters. The van der Waals surface area contributed by atoms with Gasteiger partial charge in [0.25, 0.3) is 5.91 Å². The molecule has 150 valence electrons. The summed E-state index contributed by atoms with van der Waals surface area (Å²) in [6.07, 6.45) is 3.79. The van der Waals surface area contributed by atoms with Gasteiger partial charge in [0, 0.05) is 12.7 Å². The third-order valence-corrected chi connectivity index (χ3v) is 5.01. The standard InChI is InChI=1S/C24H27N3O2/c1-3-18(4-2)19-7-5-8-21(15-19)29-20-12-10-17(11-13-20)16-27-24(28)22-9-6-14-26-23(22)25/h5-15,18H,3-4,16H2,1-2H3,(H2,25,26)(H,27,28). The molecule has 1 aromatic heterocycles. The highest BCUT2D eigenvalue weighted by molar-refractivity contribution is 5.98. The molecule has 0 fully saturated rings. The molecule has 5 heteroatoms. The first-order valence-electron chi connectivity index (χ1n) is 9.96. The van der Waals surface area contributed by atoms with Crippen LogP contribution in [0.1, 0.15) is 54.1 Å². The van der Waals surface area contributed by atoms with Crippen molar-refractivity contribution in [2.24, 2.45) is 0 Å². The predicted octanol–water partition coefficient (Wildman–Crippen LogP) is 5.29. The van der Waals surface area contributed by atoms with E-state index < -0.39 is 0 Å². The van der Waals surface area contributed by atoms with E-state index in [0.29, 0.717) is 18.0 Å². The quantitative estimate of drug-likeness (QED) is 0.549. The Morgan fingerprint density at radius 1 is 1.03 bits per heavy atom. The molecule has 0 aliphatic heterocycles. The lowest BCUT2D eigenvalue weighted by molar-refractivity contribution is 0.0951. The van der Waals surface area contributed by atoms with Crippen LogP contribution in [-0.2, 0) is 6.54 Å². The maximum absolute atomic E-state index is 12.2. The second-order valence-corrected chi connectivity index (χ2v) is 6.95. The van der Waals surface area contributed by atoms with Crippen LogP contribution >= 0.6 is 0 Å². The van der Waals surface area contributed by atoms with Crippen molar-refractivity contribution in [2.45, 2.75) is 39.2 Å². The summed E-state index contributed by atoms with van der Waals surface area (Å²) in [5, 5.41) is 2.86. The first-order chi connectivity index (χ1) is 14.1. The molecular formula is C24H27N3O2. The lowest BCUT2D eigenvalue weighted by Gasteiger charge is -2.14. The van der Waals surface area contributed by atoms with Gasteiger partial charge in [-0.05, 0) is 66.3 Å². The number of rotatable bonds is 8. The molecular weight excluding hydrogens is 362 g/mol. The number of nitrogen functional groups attached to an aromatic ring is 1. The van der Waals surface area contributed by atoms with Gasteiger partial charge in [-0.1, -0.05) is 38.1 Å². The second-order valence-electron chi connectivity index (χ2n) is 6.95. The number of amides is 1. The summed E-state index contributed by atoms with van der Waals surface area (Å²) < 4.78 is 6.01. The Bertz CT molecular complexity index is 950. The van der Waals surface area contributed by atoms with E-state index in [9.17, 15) is 4.79 Å². The molecule has 3 rings (SSSR count). The van der Waals surface area contributed by atoms with Crippen molar-refractivity contribution in [3.63, 3.8) is 0 Å². The molecule has 29 heavy (non-hydrogen) atoms. The lowest BCUT2D eigenvalue weighted by Crippen LogP contribution is -2.24. The fourth-order valence-corrected chi connectivity index (χ4v) is 3.29. The number of hydrogen-bond acceptors (Lipinski definition) is 4. The van der Waals surface area contributed by atoms with E-state index in [0.717, 1.165) is 29.9 Å². The molecule has 1 heterocycles. The normalized spacial score (nSPS) is 10.7. The largest absolute Gasteiger partial charge is 0.457 e. The predicted molar refractivity (Wildman–Crippen MR) is 116 cm³/mol. The van der Waals surface area contributed by atoms with Gasteiger partial charge < -0.3 is 15.8 Å². The van der Waals surface area contributed by atoms with Crippen molar-refractivity contribution in [1.29, 1.82) is 0 Å². The number of anilines is 1. The average Bonchev–Trinajstić information content (AvgIpc) is 2.74. The minimum atomic E-state index is -0.242. The number of ether oxygens (including phenoxy) is 1. The van der Waals surface area contributed by atoms with Crippen LogP contribution in [0.2, 0.25) is 0 Å². The van der Waals surface area contributed by atoms with Crippen LogP contribution in [-0.4, -0.2) is 10.9 Å². The fourth-order valence-electron chi connectivity index (χ4n) is 3.29.